The number of nitrogens with one attached hydrogen (secondary N) is 1. The minimum absolute atomic E-state index is 0.156. The van der Waals surface area contributed by atoms with Crippen molar-refractivity contribution >= 4 is 49.9 Å². The van der Waals surface area contributed by atoms with Gasteiger partial charge in [0.1, 0.15) is 12.4 Å². The van der Waals surface area contributed by atoms with Gasteiger partial charge < -0.3 is 10.1 Å². The van der Waals surface area contributed by atoms with Gasteiger partial charge in [-0.1, -0.05) is 59.6 Å². The van der Waals surface area contributed by atoms with Crippen LogP contribution in [-0.2, 0) is 20.6 Å². The summed E-state index contributed by atoms with van der Waals surface area (Å²) in [5, 5.41) is 5.80. The predicted octanol–water partition coefficient (Wildman–Crippen LogP) is 4.88. The molecule has 180 valence electrons. The van der Waals surface area contributed by atoms with Crippen LogP contribution in [-0.4, -0.2) is 44.9 Å². The lowest BCUT2D eigenvalue weighted by Gasteiger charge is -2.31. The number of hydrogen-bond donors (Lipinski definition) is 1. The van der Waals surface area contributed by atoms with Crippen molar-refractivity contribution in [3.63, 3.8) is 0 Å². The molecule has 1 amide bonds. The molecule has 1 fully saturated rings. The number of fused-ring (bicyclic) bond motifs is 1. The second-order valence-corrected chi connectivity index (χ2v) is 11.1. The van der Waals surface area contributed by atoms with Crippen molar-refractivity contribution in [1.29, 1.82) is 0 Å². The number of benzene rings is 3. The molecular formula is C25H26Cl2N2O4S. The average Bonchev–Trinajstić information content (AvgIpc) is 2.84. The number of hydrogen-bond acceptors (Lipinski definition) is 4. The van der Waals surface area contributed by atoms with Crippen LogP contribution in [0.25, 0.3) is 10.8 Å². The molecule has 0 aliphatic carbocycles. The van der Waals surface area contributed by atoms with E-state index >= 15 is 0 Å². The van der Waals surface area contributed by atoms with Crippen LogP contribution in [0.4, 0.5) is 0 Å². The molecule has 1 aliphatic rings. The molecule has 1 heterocycles. The highest BCUT2D eigenvalue weighted by molar-refractivity contribution is 7.88. The Morgan fingerprint density at radius 2 is 1.82 bits per heavy atom. The fourth-order valence-corrected chi connectivity index (χ4v) is 6.00. The Morgan fingerprint density at radius 1 is 1.03 bits per heavy atom. The van der Waals surface area contributed by atoms with Crippen LogP contribution in [0.3, 0.4) is 0 Å². The molecule has 0 bridgehead atoms. The fraction of sp³-hybridized carbons (Fsp3) is 0.320. The van der Waals surface area contributed by atoms with Crippen molar-refractivity contribution < 1.29 is 17.9 Å². The molecule has 3 aromatic rings. The third-order valence-corrected chi connectivity index (χ3v) is 8.43. The molecule has 0 radical (unpaired) electrons. The SMILES string of the molecule is O=C(NCCOc1ccc2ccccc2c1)[C@H]1CCCN(S(=O)(=O)Cc2ccc(Cl)c(Cl)c2)C1. The third-order valence-electron chi connectivity index (χ3n) is 5.87. The highest BCUT2D eigenvalue weighted by atomic mass is 35.5. The summed E-state index contributed by atoms with van der Waals surface area (Å²) < 4.78 is 33.0. The number of piperidine rings is 1. The van der Waals surface area contributed by atoms with E-state index in [1.165, 1.54) is 4.31 Å². The number of nitrogens with zero attached hydrogens (tertiary/aromatic N) is 1. The maximum absolute atomic E-state index is 12.9. The van der Waals surface area contributed by atoms with Gasteiger partial charge in [0.2, 0.25) is 15.9 Å². The molecule has 0 unspecified atom stereocenters. The molecule has 6 nitrogen and oxygen atoms in total. The molecule has 3 aromatic carbocycles. The highest BCUT2D eigenvalue weighted by Crippen LogP contribution is 2.26. The zero-order valence-corrected chi connectivity index (χ0v) is 20.9. The first-order valence-electron chi connectivity index (χ1n) is 11.1. The van der Waals surface area contributed by atoms with Crippen LogP contribution in [0.5, 0.6) is 5.75 Å². The number of halogens is 2. The maximum Gasteiger partial charge on any atom is 0.224 e. The van der Waals surface area contributed by atoms with Crippen molar-refractivity contribution in [3.05, 3.63) is 76.3 Å². The van der Waals surface area contributed by atoms with Gasteiger partial charge in [0, 0.05) is 13.1 Å². The lowest BCUT2D eigenvalue weighted by Crippen LogP contribution is -2.46. The first-order valence-corrected chi connectivity index (χ1v) is 13.5. The van der Waals surface area contributed by atoms with Gasteiger partial charge in [-0.3, -0.25) is 4.79 Å². The molecule has 1 aliphatic heterocycles. The first kappa shape index (κ1) is 24.8. The number of rotatable bonds is 8. The van der Waals surface area contributed by atoms with E-state index in [-0.39, 0.29) is 18.2 Å². The van der Waals surface area contributed by atoms with E-state index in [9.17, 15) is 13.2 Å². The minimum Gasteiger partial charge on any atom is -0.492 e. The van der Waals surface area contributed by atoms with Crippen LogP contribution in [0.15, 0.2) is 60.7 Å². The van der Waals surface area contributed by atoms with E-state index < -0.39 is 15.9 Å². The summed E-state index contributed by atoms with van der Waals surface area (Å²) in [4.78, 5) is 12.7. The Kier molecular flexibility index (Phi) is 7.99. The summed E-state index contributed by atoms with van der Waals surface area (Å²) in [6.07, 6.45) is 1.28. The Bertz CT molecular complexity index is 1280. The zero-order valence-electron chi connectivity index (χ0n) is 18.5. The van der Waals surface area contributed by atoms with Crippen molar-refractivity contribution in [3.8, 4) is 5.75 Å². The summed E-state index contributed by atoms with van der Waals surface area (Å²) in [5.41, 5.74) is 0.562. The van der Waals surface area contributed by atoms with E-state index in [1.807, 2.05) is 42.5 Å². The Hall–Kier alpha value is -2.32. The molecule has 4 rings (SSSR count). The molecule has 0 saturated carbocycles. The van der Waals surface area contributed by atoms with Gasteiger partial charge in [0.15, 0.2) is 0 Å². The van der Waals surface area contributed by atoms with Gasteiger partial charge in [-0.2, -0.15) is 0 Å². The van der Waals surface area contributed by atoms with Gasteiger partial charge in [-0.05, 0) is 53.4 Å². The Balaban J connectivity index is 1.27. The summed E-state index contributed by atoms with van der Waals surface area (Å²) >= 11 is 11.9. The second kappa shape index (κ2) is 11.0. The molecule has 1 atom stereocenters. The molecular weight excluding hydrogens is 495 g/mol. The summed E-state index contributed by atoms with van der Waals surface area (Å²) in [5.74, 6) is 0.0115. The summed E-state index contributed by atoms with van der Waals surface area (Å²) in [6, 6.07) is 18.7. The van der Waals surface area contributed by atoms with Gasteiger partial charge in [-0.15, -0.1) is 0 Å². The zero-order chi connectivity index (χ0) is 24.1. The normalized spacial score (nSPS) is 16.9. The maximum atomic E-state index is 12.9. The standard InChI is InChI=1S/C25H26Cl2N2O4S/c26-23-10-7-18(14-24(23)27)17-34(31,32)29-12-3-6-21(16-29)25(30)28-11-13-33-22-9-8-19-4-1-2-5-20(19)15-22/h1-2,4-5,7-10,14-15,21H,3,6,11-13,16-17H2,(H,28,30)/t21-/m0/s1. The molecule has 1 N–H and O–H groups in total. The van der Waals surface area contributed by atoms with Crippen LogP contribution in [0, 0.1) is 5.92 Å². The highest BCUT2D eigenvalue weighted by Gasteiger charge is 2.32. The number of sulfonamides is 1. The smallest absolute Gasteiger partial charge is 0.224 e. The van der Waals surface area contributed by atoms with E-state index in [2.05, 4.69) is 5.32 Å². The number of carbonyl (C=O) groups is 1. The molecule has 34 heavy (non-hydrogen) atoms. The monoisotopic (exact) mass is 520 g/mol. The predicted molar refractivity (Wildman–Crippen MR) is 136 cm³/mol. The Morgan fingerprint density at radius 3 is 2.62 bits per heavy atom. The van der Waals surface area contributed by atoms with Crippen LogP contribution < -0.4 is 10.1 Å². The molecule has 0 spiro atoms. The average molecular weight is 521 g/mol. The number of carbonyl (C=O) groups excluding carboxylic acids is 1. The van der Waals surface area contributed by atoms with Gasteiger partial charge in [0.25, 0.3) is 0 Å². The van der Waals surface area contributed by atoms with E-state index in [4.69, 9.17) is 27.9 Å². The van der Waals surface area contributed by atoms with Gasteiger partial charge >= 0.3 is 0 Å². The Labute approximate surface area is 209 Å². The molecule has 0 aromatic heterocycles. The topological polar surface area (TPSA) is 75.7 Å². The minimum atomic E-state index is -3.58. The fourth-order valence-electron chi connectivity index (χ4n) is 4.09. The lowest BCUT2D eigenvalue weighted by atomic mass is 9.99. The molecule has 1 saturated heterocycles. The van der Waals surface area contributed by atoms with Gasteiger partial charge in [0.05, 0.1) is 28.3 Å². The second-order valence-electron chi connectivity index (χ2n) is 8.35. The summed E-state index contributed by atoms with van der Waals surface area (Å²) in [6.45, 7) is 1.24. The van der Waals surface area contributed by atoms with E-state index in [0.717, 1.165) is 16.5 Å². The van der Waals surface area contributed by atoms with E-state index in [0.29, 0.717) is 48.1 Å². The van der Waals surface area contributed by atoms with Crippen LogP contribution in [0.1, 0.15) is 18.4 Å². The summed E-state index contributed by atoms with van der Waals surface area (Å²) in [7, 11) is -3.58. The van der Waals surface area contributed by atoms with Crippen LogP contribution >= 0.6 is 23.2 Å². The van der Waals surface area contributed by atoms with Crippen molar-refractivity contribution in [2.75, 3.05) is 26.2 Å². The van der Waals surface area contributed by atoms with Crippen molar-refractivity contribution in [2.45, 2.75) is 18.6 Å². The molecule has 9 heteroatoms. The van der Waals surface area contributed by atoms with Gasteiger partial charge in [-0.25, -0.2) is 12.7 Å². The quantitative estimate of drug-likeness (QED) is 0.429. The van der Waals surface area contributed by atoms with Crippen molar-refractivity contribution in [1.82, 2.24) is 9.62 Å². The van der Waals surface area contributed by atoms with Crippen LogP contribution in [0.2, 0.25) is 10.0 Å². The number of amides is 1. The van der Waals surface area contributed by atoms with E-state index in [1.54, 1.807) is 18.2 Å². The lowest BCUT2D eigenvalue weighted by molar-refractivity contribution is -0.126. The third kappa shape index (κ3) is 6.21. The first-order chi connectivity index (χ1) is 16.3. The number of ether oxygens (including phenoxy) is 1. The van der Waals surface area contributed by atoms with Crippen molar-refractivity contribution in [2.24, 2.45) is 5.92 Å². The largest absolute Gasteiger partial charge is 0.492 e.